The van der Waals surface area contributed by atoms with E-state index in [4.69, 9.17) is 0 Å². The summed E-state index contributed by atoms with van der Waals surface area (Å²) >= 11 is 0. The first-order chi connectivity index (χ1) is 9.43. The maximum atomic E-state index is 12.8. The molecule has 0 fully saturated rings. The molecule has 108 valence electrons. The van der Waals surface area contributed by atoms with Crippen LogP contribution in [0, 0.1) is 0 Å². The van der Waals surface area contributed by atoms with Gasteiger partial charge in [-0.05, 0) is 38.3 Å². The van der Waals surface area contributed by atoms with Gasteiger partial charge >= 0.3 is 0 Å². The van der Waals surface area contributed by atoms with Crippen LogP contribution in [0.25, 0.3) is 0 Å². The van der Waals surface area contributed by atoms with Crippen molar-refractivity contribution >= 4 is 5.91 Å². The van der Waals surface area contributed by atoms with Crippen molar-refractivity contribution in [3.05, 3.63) is 48.0 Å². The van der Waals surface area contributed by atoms with E-state index in [9.17, 15) is 4.79 Å². The van der Waals surface area contributed by atoms with Crippen molar-refractivity contribution in [3.8, 4) is 0 Å². The molecule has 3 nitrogen and oxygen atoms in total. The molecule has 1 amide bonds. The van der Waals surface area contributed by atoms with Gasteiger partial charge < -0.3 is 10.2 Å². The Labute approximate surface area is 121 Å². The standard InChI is InChI=1S/C17H24N2O/c1-5-10-19(17(2,3)4)16(20)15-11-13-8-6-7-9-14(13)12-18-15/h5-9,15,18H,1,10-12H2,2-4H3/t15-/m1/s1. The second-order valence-electron chi connectivity index (χ2n) is 6.31. The van der Waals surface area contributed by atoms with Crippen LogP contribution >= 0.6 is 0 Å². The zero-order valence-electron chi connectivity index (χ0n) is 12.6. The summed E-state index contributed by atoms with van der Waals surface area (Å²) in [4.78, 5) is 14.7. The Bertz CT molecular complexity index is 502. The summed E-state index contributed by atoms with van der Waals surface area (Å²) in [5, 5.41) is 3.36. The normalized spacial score (nSPS) is 18.2. The van der Waals surface area contributed by atoms with Crippen molar-refractivity contribution in [1.82, 2.24) is 10.2 Å². The maximum Gasteiger partial charge on any atom is 0.240 e. The molecule has 0 aromatic heterocycles. The third-order valence-electron chi connectivity index (χ3n) is 3.77. The average molecular weight is 272 g/mol. The molecule has 1 heterocycles. The molecule has 0 bridgehead atoms. The number of hydrogen-bond donors (Lipinski definition) is 1. The van der Waals surface area contributed by atoms with Crippen molar-refractivity contribution < 1.29 is 4.79 Å². The predicted octanol–water partition coefficient (Wildman–Crippen LogP) is 2.51. The molecular formula is C17H24N2O. The topological polar surface area (TPSA) is 32.3 Å². The summed E-state index contributed by atoms with van der Waals surface area (Å²) in [6.45, 7) is 11.3. The van der Waals surface area contributed by atoms with E-state index >= 15 is 0 Å². The third-order valence-corrected chi connectivity index (χ3v) is 3.77. The Hall–Kier alpha value is -1.61. The summed E-state index contributed by atoms with van der Waals surface area (Å²) in [5.74, 6) is 0.159. The van der Waals surface area contributed by atoms with Crippen molar-refractivity contribution in [1.29, 1.82) is 0 Å². The Kier molecular flexibility index (Phi) is 4.29. The van der Waals surface area contributed by atoms with Crippen LogP contribution < -0.4 is 5.32 Å². The van der Waals surface area contributed by atoms with E-state index in [2.05, 4.69) is 44.8 Å². The lowest BCUT2D eigenvalue weighted by atomic mass is 9.94. The fourth-order valence-electron chi connectivity index (χ4n) is 2.64. The smallest absolute Gasteiger partial charge is 0.240 e. The summed E-state index contributed by atoms with van der Waals surface area (Å²) in [5.41, 5.74) is 2.38. The van der Waals surface area contributed by atoms with Gasteiger partial charge in [-0.25, -0.2) is 0 Å². The number of carbonyl (C=O) groups excluding carboxylic acids is 1. The van der Waals surface area contributed by atoms with Crippen LogP contribution in [0.15, 0.2) is 36.9 Å². The van der Waals surface area contributed by atoms with Gasteiger partial charge in [0.05, 0.1) is 6.04 Å². The Morgan fingerprint density at radius 3 is 2.65 bits per heavy atom. The van der Waals surface area contributed by atoms with Gasteiger partial charge in [0.15, 0.2) is 0 Å². The molecule has 1 aromatic carbocycles. The predicted molar refractivity (Wildman–Crippen MR) is 82.4 cm³/mol. The molecule has 2 rings (SSSR count). The highest BCUT2D eigenvalue weighted by atomic mass is 16.2. The minimum atomic E-state index is -0.191. The number of rotatable bonds is 3. The molecule has 0 unspecified atom stereocenters. The molecule has 0 radical (unpaired) electrons. The fourth-order valence-corrected chi connectivity index (χ4v) is 2.64. The van der Waals surface area contributed by atoms with Gasteiger partial charge in [-0.1, -0.05) is 30.3 Å². The highest BCUT2D eigenvalue weighted by molar-refractivity contribution is 5.83. The molecule has 1 atom stereocenters. The Morgan fingerprint density at radius 2 is 2.05 bits per heavy atom. The number of amides is 1. The molecular weight excluding hydrogens is 248 g/mol. The lowest BCUT2D eigenvalue weighted by Crippen LogP contribution is -2.55. The number of hydrogen-bond acceptors (Lipinski definition) is 2. The number of fused-ring (bicyclic) bond motifs is 1. The van der Waals surface area contributed by atoms with E-state index < -0.39 is 0 Å². The molecule has 1 aliphatic heterocycles. The first kappa shape index (κ1) is 14.8. The van der Waals surface area contributed by atoms with Crippen LogP contribution in [0.1, 0.15) is 31.9 Å². The summed E-state index contributed by atoms with van der Waals surface area (Å²) in [6.07, 6.45) is 2.55. The van der Waals surface area contributed by atoms with E-state index in [-0.39, 0.29) is 17.5 Å². The monoisotopic (exact) mass is 272 g/mol. The fraction of sp³-hybridized carbons (Fsp3) is 0.471. The van der Waals surface area contributed by atoms with Crippen LogP contribution in [0.3, 0.4) is 0 Å². The second kappa shape index (κ2) is 5.80. The van der Waals surface area contributed by atoms with E-state index in [1.807, 2.05) is 17.0 Å². The van der Waals surface area contributed by atoms with Crippen LogP contribution in [-0.4, -0.2) is 28.9 Å². The molecule has 1 aliphatic rings. The number of nitrogens with zero attached hydrogens (tertiary/aromatic N) is 1. The highest BCUT2D eigenvalue weighted by Gasteiger charge is 2.32. The van der Waals surface area contributed by atoms with Crippen molar-refractivity contribution in [2.45, 2.75) is 45.3 Å². The Morgan fingerprint density at radius 1 is 1.40 bits per heavy atom. The van der Waals surface area contributed by atoms with Gasteiger partial charge in [0.2, 0.25) is 5.91 Å². The van der Waals surface area contributed by atoms with E-state index in [1.54, 1.807) is 6.08 Å². The van der Waals surface area contributed by atoms with Gasteiger partial charge in [-0.3, -0.25) is 4.79 Å². The third kappa shape index (κ3) is 3.10. The van der Waals surface area contributed by atoms with Gasteiger partial charge in [0, 0.05) is 18.6 Å². The van der Waals surface area contributed by atoms with Gasteiger partial charge in [0.25, 0.3) is 0 Å². The van der Waals surface area contributed by atoms with Crippen LogP contribution in [-0.2, 0) is 17.8 Å². The number of carbonyl (C=O) groups is 1. The van der Waals surface area contributed by atoms with Gasteiger partial charge in [-0.15, -0.1) is 6.58 Å². The van der Waals surface area contributed by atoms with Gasteiger partial charge in [0.1, 0.15) is 0 Å². The van der Waals surface area contributed by atoms with E-state index in [1.165, 1.54) is 11.1 Å². The van der Waals surface area contributed by atoms with E-state index in [0.717, 1.165) is 13.0 Å². The number of nitrogens with one attached hydrogen (secondary N) is 1. The van der Waals surface area contributed by atoms with Crippen LogP contribution in [0.2, 0.25) is 0 Å². The lowest BCUT2D eigenvalue weighted by Gasteiger charge is -2.38. The lowest BCUT2D eigenvalue weighted by molar-refractivity contribution is -0.137. The van der Waals surface area contributed by atoms with Crippen LogP contribution in [0.4, 0.5) is 0 Å². The molecule has 0 aliphatic carbocycles. The summed E-state index contributed by atoms with van der Waals surface area (Å²) < 4.78 is 0. The second-order valence-corrected chi connectivity index (χ2v) is 6.31. The minimum Gasteiger partial charge on any atom is -0.333 e. The SMILES string of the molecule is C=CCN(C(=O)[C@H]1Cc2ccccc2CN1)C(C)(C)C. The molecule has 1 aromatic rings. The quantitative estimate of drug-likeness (QED) is 0.858. The molecule has 0 spiro atoms. The maximum absolute atomic E-state index is 12.8. The van der Waals surface area contributed by atoms with Crippen LogP contribution in [0.5, 0.6) is 0 Å². The minimum absolute atomic E-state index is 0.135. The van der Waals surface area contributed by atoms with Crippen molar-refractivity contribution in [3.63, 3.8) is 0 Å². The first-order valence-electron chi connectivity index (χ1n) is 7.16. The molecule has 20 heavy (non-hydrogen) atoms. The molecule has 0 saturated heterocycles. The van der Waals surface area contributed by atoms with E-state index in [0.29, 0.717) is 6.54 Å². The average Bonchev–Trinajstić information content (AvgIpc) is 2.42. The molecule has 3 heteroatoms. The van der Waals surface area contributed by atoms with Crippen molar-refractivity contribution in [2.75, 3.05) is 6.54 Å². The molecule has 0 saturated carbocycles. The molecule has 1 N–H and O–H groups in total. The Balaban J connectivity index is 2.16. The summed E-state index contributed by atoms with van der Waals surface area (Å²) in [7, 11) is 0. The van der Waals surface area contributed by atoms with Gasteiger partial charge in [-0.2, -0.15) is 0 Å². The first-order valence-corrected chi connectivity index (χ1v) is 7.16. The zero-order valence-corrected chi connectivity index (χ0v) is 12.6. The number of benzene rings is 1. The largest absolute Gasteiger partial charge is 0.333 e. The van der Waals surface area contributed by atoms with Crippen molar-refractivity contribution in [2.24, 2.45) is 0 Å². The highest BCUT2D eigenvalue weighted by Crippen LogP contribution is 2.20. The zero-order chi connectivity index (χ0) is 14.8. The summed E-state index contributed by atoms with van der Waals surface area (Å²) in [6, 6.07) is 8.18.